The Morgan fingerprint density at radius 3 is 2.76 bits per heavy atom. The van der Waals surface area contributed by atoms with Crippen LogP contribution in [-0.2, 0) is 20.8 Å². The highest BCUT2D eigenvalue weighted by atomic mass is 32.2. The molecule has 1 heterocycles. The van der Waals surface area contributed by atoms with Gasteiger partial charge in [-0.3, -0.25) is 0 Å². The molecule has 1 aromatic heterocycles. The number of thioether (sulfide) groups is 1. The second-order valence-corrected chi connectivity index (χ2v) is 7.35. The lowest BCUT2D eigenvalue weighted by atomic mass is 10.2. The molecule has 2 rings (SSSR count). The smallest absolute Gasteiger partial charge is 0.355 e. The van der Waals surface area contributed by atoms with Gasteiger partial charge in [-0.05, 0) is 31.4 Å². The van der Waals surface area contributed by atoms with Crippen LogP contribution in [0.1, 0.15) is 31.2 Å². The Morgan fingerprint density at radius 1 is 1.41 bits per heavy atom. The van der Waals surface area contributed by atoms with E-state index in [4.69, 9.17) is 10.6 Å². The summed E-state index contributed by atoms with van der Waals surface area (Å²) in [5, 5.41) is 17.1. The Bertz CT molecular complexity index is 888. The molecule has 0 aliphatic heterocycles. The van der Waals surface area contributed by atoms with Crippen LogP contribution in [0, 0.1) is 11.3 Å². The fourth-order valence-electron chi connectivity index (χ4n) is 2.17. The lowest BCUT2D eigenvalue weighted by Crippen LogP contribution is -2.12. The molecule has 0 amide bonds. The van der Waals surface area contributed by atoms with Crippen LogP contribution in [0.4, 0.5) is 16.4 Å². The first-order chi connectivity index (χ1) is 14.0. The number of methoxy groups -OCH3 is 1. The number of nitrogens with zero attached hydrogens (tertiary/aromatic N) is 2. The van der Waals surface area contributed by atoms with Crippen LogP contribution < -0.4 is 11.1 Å². The molecule has 0 radical (unpaired) electrons. The number of carbonyl (C=O) groups excluding carboxylic acids is 1. The summed E-state index contributed by atoms with van der Waals surface area (Å²) in [6, 6.07) is 10.1. The van der Waals surface area contributed by atoms with Gasteiger partial charge < -0.3 is 20.6 Å². The number of hydrogen-bond donors (Lipinski definition) is 2. The van der Waals surface area contributed by atoms with E-state index in [-0.39, 0.29) is 12.3 Å². The highest BCUT2D eigenvalue weighted by Gasteiger charge is 2.16. The third-order valence-corrected chi connectivity index (χ3v) is 5.47. The number of anilines is 3. The Balaban J connectivity index is 0.00000204. The topological polar surface area (TPSA) is 110 Å². The third-order valence-electron chi connectivity index (χ3n) is 3.56. The van der Waals surface area contributed by atoms with Gasteiger partial charge in [-0.2, -0.15) is 5.26 Å². The van der Waals surface area contributed by atoms with E-state index in [1.807, 2.05) is 44.4 Å². The highest BCUT2D eigenvalue weighted by Crippen LogP contribution is 2.37. The third kappa shape index (κ3) is 7.00. The fraction of sp³-hybridized carbons (Fsp3) is 0.350. The number of thiophene rings is 1. The molecule has 156 valence electrons. The maximum absolute atomic E-state index is 11.2. The molecule has 0 aliphatic carbocycles. The average molecular weight is 435 g/mol. The Kier molecular flexibility index (Phi) is 10.7. The van der Waals surface area contributed by atoms with Crippen LogP contribution in [0.15, 0.2) is 34.3 Å². The summed E-state index contributed by atoms with van der Waals surface area (Å²) in [5.41, 5.74) is 7.98. The summed E-state index contributed by atoms with van der Waals surface area (Å²) in [4.78, 5) is 18.3. The second-order valence-electron chi connectivity index (χ2n) is 5.36. The predicted octanol–water partition coefficient (Wildman–Crippen LogP) is 4.80. The van der Waals surface area contributed by atoms with Gasteiger partial charge in [-0.1, -0.05) is 25.1 Å². The number of ether oxygens (including phenoxy) is 1. The Morgan fingerprint density at radius 2 is 2.14 bits per heavy atom. The van der Waals surface area contributed by atoms with Gasteiger partial charge in [0.25, 0.3) is 0 Å². The SMILES string of the molecule is CC.COC(=O)/C(C)=N/OCCc1sc(Nc2cccc(SC)c2)c(C#N)c1N. The van der Waals surface area contributed by atoms with Crippen molar-refractivity contribution >= 4 is 51.2 Å². The van der Waals surface area contributed by atoms with Gasteiger partial charge in [-0.15, -0.1) is 23.1 Å². The lowest BCUT2D eigenvalue weighted by Gasteiger charge is -2.05. The minimum atomic E-state index is -0.545. The number of benzene rings is 1. The van der Waals surface area contributed by atoms with Gasteiger partial charge in [-0.25, -0.2) is 4.79 Å². The van der Waals surface area contributed by atoms with E-state index >= 15 is 0 Å². The van der Waals surface area contributed by atoms with Crippen molar-refractivity contribution in [2.45, 2.75) is 32.1 Å². The van der Waals surface area contributed by atoms with Gasteiger partial charge in [0.1, 0.15) is 23.2 Å². The number of nitriles is 1. The van der Waals surface area contributed by atoms with E-state index in [1.54, 1.807) is 11.8 Å². The second kappa shape index (κ2) is 12.7. The fourth-order valence-corrected chi connectivity index (χ4v) is 3.70. The van der Waals surface area contributed by atoms with E-state index in [0.717, 1.165) is 15.5 Å². The molecule has 0 saturated heterocycles. The zero-order chi connectivity index (χ0) is 21.8. The molecule has 3 N–H and O–H groups in total. The maximum Gasteiger partial charge on any atom is 0.355 e. The first-order valence-corrected chi connectivity index (χ1v) is 11.0. The van der Waals surface area contributed by atoms with Gasteiger partial charge in [0, 0.05) is 21.9 Å². The van der Waals surface area contributed by atoms with Crippen LogP contribution in [0.2, 0.25) is 0 Å². The highest BCUT2D eigenvalue weighted by molar-refractivity contribution is 7.98. The van der Waals surface area contributed by atoms with Crippen LogP contribution in [0.3, 0.4) is 0 Å². The molecule has 2 aromatic rings. The van der Waals surface area contributed by atoms with Gasteiger partial charge in [0.2, 0.25) is 0 Å². The molecule has 29 heavy (non-hydrogen) atoms. The normalized spacial score (nSPS) is 10.4. The molecule has 0 fully saturated rings. The van der Waals surface area contributed by atoms with Crippen molar-refractivity contribution in [1.82, 2.24) is 0 Å². The van der Waals surface area contributed by atoms with Crippen LogP contribution in [-0.4, -0.2) is 31.7 Å². The number of carbonyl (C=O) groups is 1. The molecule has 0 atom stereocenters. The van der Waals surface area contributed by atoms with Crippen LogP contribution in [0.5, 0.6) is 0 Å². The van der Waals surface area contributed by atoms with Gasteiger partial charge in [0.15, 0.2) is 5.71 Å². The van der Waals surface area contributed by atoms with Gasteiger partial charge in [0.05, 0.1) is 12.8 Å². The summed E-state index contributed by atoms with van der Waals surface area (Å²) < 4.78 is 4.54. The lowest BCUT2D eigenvalue weighted by molar-refractivity contribution is -0.132. The van der Waals surface area contributed by atoms with E-state index in [1.165, 1.54) is 25.4 Å². The van der Waals surface area contributed by atoms with E-state index in [2.05, 4.69) is 21.3 Å². The summed E-state index contributed by atoms with van der Waals surface area (Å²) >= 11 is 3.05. The standard InChI is InChI=1S/C18H20N4O3S2.C2H6/c1-11(18(23)24-2)22-25-8-7-15-16(20)14(10-19)17(27-15)21-12-5-4-6-13(9-12)26-3;1-2/h4-6,9,21H,7-8,20H2,1-3H3;1-2H3/b22-11+;. The number of oxime groups is 1. The van der Waals surface area contributed by atoms with Crippen LogP contribution >= 0.6 is 23.1 Å². The van der Waals surface area contributed by atoms with Crippen molar-refractivity contribution in [3.05, 3.63) is 34.7 Å². The molecular formula is C20H26N4O3S2. The van der Waals surface area contributed by atoms with Gasteiger partial charge >= 0.3 is 5.97 Å². The molecule has 0 saturated carbocycles. The average Bonchev–Trinajstić information content (AvgIpc) is 3.05. The van der Waals surface area contributed by atoms with E-state index in [9.17, 15) is 10.1 Å². The number of rotatable bonds is 8. The van der Waals surface area contributed by atoms with Crippen molar-refractivity contribution in [3.63, 3.8) is 0 Å². The molecule has 9 heteroatoms. The predicted molar refractivity (Wildman–Crippen MR) is 121 cm³/mol. The quantitative estimate of drug-likeness (QED) is 0.202. The molecule has 0 spiro atoms. The molecule has 0 aliphatic rings. The Labute approximate surface area is 179 Å². The number of nitrogen functional groups attached to an aromatic ring is 1. The molecule has 1 aromatic carbocycles. The maximum atomic E-state index is 11.2. The summed E-state index contributed by atoms with van der Waals surface area (Å²) in [6.07, 6.45) is 2.47. The van der Waals surface area contributed by atoms with Crippen molar-refractivity contribution in [3.8, 4) is 6.07 Å². The monoisotopic (exact) mass is 434 g/mol. The number of hydrogen-bond acceptors (Lipinski definition) is 9. The van der Waals surface area contributed by atoms with Crippen molar-refractivity contribution < 1.29 is 14.4 Å². The van der Waals surface area contributed by atoms with Crippen molar-refractivity contribution in [1.29, 1.82) is 5.26 Å². The number of nitrogens with one attached hydrogen (secondary N) is 1. The first-order valence-electron chi connectivity index (χ1n) is 8.97. The Hall–Kier alpha value is -2.70. The van der Waals surface area contributed by atoms with E-state index in [0.29, 0.717) is 22.7 Å². The molecular weight excluding hydrogens is 408 g/mol. The largest absolute Gasteiger partial charge is 0.464 e. The minimum absolute atomic E-state index is 0.130. The van der Waals surface area contributed by atoms with Crippen molar-refractivity contribution in [2.75, 3.05) is 31.0 Å². The zero-order valence-corrected chi connectivity index (χ0v) is 18.9. The zero-order valence-electron chi connectivity index (χ0n) is 17.2. The molecule has 0 unspecified atom stereocenters. The van der Waals surface area contributed by atoms with Crippen LogP contribution in [0.25, 0.3) is 0 Å². The summed E-state index contributed by atoms with van der Waals surface area (Å²) in [5.74, 6) is -0.545. The number of esters is 1. The minimum Gasteiger partial charge on any atom is -0.464 e. The molecule has 7 nitrogen and oxygen atoms in total. The number of nitrogens with two attached hydrogens (primary N) is 1. The first kappa shape index (κ1) is 24.3. The van der Waals surface area contributed by atoms with E-state index < -0.39 is 5.97 Å². The summed E-state index contributed by atoms with van der Waals surface area (Å²) in [6.45, 7) is 5.73. The summed E-state index contributed by atoms with van der Waals surface area (Å²) in [7, 11) is 1.28. The van der Waals surface area contributed by atoms with Crippen molar-refractivity contribution in [2.24, 2.45) is 5.16 Å². The molecule has 0 bridgehead atoms.